The van der Waals surface area contributed by atoms with E-state index in [0.717, 1.165) is 12.8 Å². The monoisotopic (exact) mass is 215 g/mol. The number of carboxylic acid groups (broad SMARTS) is 1. The first-order chi connectivity index (χ1) is 6.78. The van der Waals surface area contributed by atoms with E-state index in [1.165, 1.54) is 0 Å². The van der Waals surface area contributed by atoms with Crippen LogP contribution in [0.1, 0.15) is 47.0 Å². The second-order valence-electron chi connectivity index (χ2n) is 4.63. The quantitative estimate of drug-likeness (QED) is 0.710. The van der Waals surface area contributed by atoms with Crippen molar-refractivity contribution in [3.05, 3.63) is 0 Å². The Labute approximate surface area is 91.1 Å². The predicted molar refractivity (Wildman–Crippen MR) is 58.5 cm³/mol. The molecule has 0 aliphatic rings. The number of hydrogen-bond acceptors (Lipinski definition) is 2. The van der Waals surface area contributed by atoms with Gasteiger partial charge in [-0.2, -0.15) is 0 Å². The van der Waals surface area contributed by atoms with Crippen LogP contribution in [0.2, 0.25) is 0 Å². The van der Waals surface area contributed by atoms with Gasteiger partial charge in [0.25, 0.3) is 0 Å². The molecule has 0 saturated heterocycles. The first-order valence-electron chi connectivity index (χ1n) is 5.32. The van der Waals surface area contributed by atoms with Crippen LogP contribution in [0.15, 0.2) is 0 Å². The van der Waals surface area contributed by atoms with E-state index >= 15 is 0 Å². The molecule has 0 aromatic rings. The molecule has 1 unspecified atom stereocenters. The zero-order valence-electron chi connectivity index (χ0n) is 9.96. The SMILES string of the molecule is CCCC(C)C(=O)NC(C)(C)CC(=O)O. The number of amides is 1. The van der Waals surface area contributed by atoms with Crippen LogP contribution in [0, 0.1) is 5.92 Å². The number of carboxylic acids is 1. The smallest absolute Gasteiger partial charge is 0.305 e. The first kappa shape index (κ1) is 13.9. The Hall–Kier alpha value is -1.06. The summed E-state index contributed by atoms with van der Waals surface area (Å²) in [5.74, 6) is -1.02. The zero-order valence-corrected chi connectivity index (χ0v) is 9.96. The summed E-state index contributed by atoms with van der Waals surface area (Å²) in [4.78, 5) is 22.2. The van der Waals surface area contributed by atoms with E-state index < -0.39 is 11.5 Å². The number of hydrogen-bond donors (Lipinski definition) is 2. The van der Waals surface area contributed by atoms with Crippen molar-refractivity contribution in [2.75, 3.05) is 0 Å². The molecular formula is C11H21NO3. The van der Waals surface area contributed by atoms with Gasteiger partial charge < -0.3 is 10.4 Å². The Morgan fingerprint density at radius 1 is 1.40 bits per heavy atom. The molecule has 2 N–H and O–H groups in total. The summed E-state index contributed by atoms with van der Waals surface area (Å²) in [6.07, 6.45) is 1.72. The van der Waals surface area contributed by atoms with E-state index in [1.54, 1.807) is 13.8 Å². The molecule has 4 heteroatoms. The van der Waals surface area contributed by atoms with Gasteiger partial charge in [-0.15, -0.1) is 0 Å². The number of aliphatic carboxylic acids is 1. The van der Waals surface area contributed by atoms with E-state index in [2.05, 4.69) is 5.32 Å². The molecule has 1 amide bonds. The van der Waals surface area contributed by atoms with Crippen LogP contribution >= 0.6 is 0 Å². The lowest BCUT2D eigenvalue weighted by Crippen LogP contribution is -2.46. The van der Waals surface area contributed by atoms with Crippen LogP contribution < -0.4 is 5.32 Å². The number of carbonyl (C=O) groups excluding carboxylic acids is 1. The standard InChI is InChI=1S/C11H21NO3/c1-5-6-8(2)10(15)12-11(3,4)7-9(13)14/h8H,5-7H2,1-4H3,(H,12,15)(H,13,14). The van der Waals surface area contributed by atoms with Crippen LogP contribution in [-0.4, -0.2) is 22.5 Å². The third kappa shape index (κ3) is 6.10. The zero-order chi connectivity index (χ0) is 12.1. The van der Waals surface area contributed by atoms with Gasteiger partial charge in [0.15, 0.2) is 0 Å². The van der Waals surface area contributed by atoms with Gasteiger partial charge in [-0.3, -0.25) is 9.59 Å². The number of rotatable bonds is 6. The summed E-state index contributed by atoms with van der Waals surface area (Å²) < 4.78 is 0. The fraction of sp³-hybridized carbons (Fsp3) is 0.818. The van der Waals surface area contributed by atoms with Crippen molar-refractivity contribution >= 4 is 11.9 Å². The van der Waals surface area contributed by atoms with Crippen molar-refractivity contribution in [3.8, 4) is 0 Å². The second kappa shape index (κ2) is 5.73. The molecule has 88 valence electrons. The highest BCUT2D eigenvalue weighted by Crippen LogP contribution is 2.12. The Balaban J connectivity index is 4.20. The summed E-state index contributed by atoms with van der Waals surface area (Å²) >= 11 is 0. The summed E-state index contributed by atoms with van der Waals surface area (Å²) in [6, 6.07) is 0. The number of nitrogens with one attached hydrogen (secondary N) is 1. The van der Waals surface area contributed by atoms with Crippen LogP contribution in [-0.2, 0) is 9.59 Å². The maximum Gasteiger partial charge on any atom is 0.305 e. The van der Waals surface area contributed by atoms with E-state index in [9.17, 15) is 9.59 Å². The van der Waals surface area contributed by atoms with Crippen molar-refractivity contribution in [2.24, 2.45) is 5.92 Å². The molecule has 0 saturated carbocycles. The molecule has 4 nitrogen and oxygen atoms in total. The minimum absolute atomic E-state index is 0.0527. The molecule has 0 aliphatic heterocycles. The first-order valence-corrected chi connectivity index (χ1v) is 5.32. The lowest BCUT2D eigenvalue weighted by molar-refractivity contribution is -0.138. The lowest BCUT2D eigenvalue weighted by atomic mass is 9.98. The van der Waals surface area contributed by atoms with Gasteiger partial charge in [0.1, 0.15) is 0 Å². The van der Waals surface area contributed by atoms with Gasteiger partial charge in [0.05, 0.1) is 6.42 Å². The van der Waals surface area contributed by atoms with Crippen LogP contribution in [0.3, 0.4) is 0 Å². The van der Waals surface area contributed by atoms with E-state index in [4.69, 9.17) is 5.11 Å². The summed E-state index contributed by atoms with van der Waals surface area (Å²) in [7, 11) is 0. The molecule has 15 heavy (non-hydrogen) atoms. The lowest BCUT2D eigenvalue weighted by Gasteiger charge is -2.26. The third-order valence-electron chi connectivity index (χ3n) is 2.22. The molecule has 0 fully saturated rings. The molecule has 0 aromatic carbocycles. The van der Waals surface area contributed by atoms with Gasteiger partial charge in [0, 0.05) is 11.5 Å². The predicted octanol–water partition coefficient (Wildman–Crippen LogP) is 1.79. The minimum Gasteiger partial charge on any atom is -0.481 e. The van der Waals surface area contributed by atoms with Crippen LogP contribution in [0.4, 0.5) is 0 Å². The fourth-order valence-corrected chi connectivity index (χ4v) is 1.44. The van der Waals surface area contributed by atoms with E-state index in [-0.39, 0.29) is 18.2 Å². The fourth-order valence-electron chi connectivity index (χ4n) is 1.44. The maximum atomic E-state index is 11.6. The third-order valence-corrected chi connectivity index (χ3v) is 2.22. The molecule has 1 atom stereocenters. The van der Waals surface area contributed by atoms with Gasteiger partial charge in [-0.25, -0.2) is 0 Å². The number of carbonyl (C=O) groups is 2. The van der Waals surface area contributed by atoms with Gasteiger partial charge >= 0.3 is 5.97 Å². The van der Waals surface area contributed by atoms with Crippen LogP contribution in [0.25, 0.3) is 0 Å². The molecule has 0 aromatic heterocycles. The summed E-state index contributed by atoms with van der Waals surface area (Å²) in [5, 5.41) is 11.4. The van der Waals surface area contributed by atoms with Gasteiger partial charge in [-0.1, -0.05) is 20.3 Å². The largest absolute Gasteiger partial charge is 0.481 e. The molecule has 0 heterocycles. The Kier molecular flexibility index (Phi) is 5.33. The molecule has 0 aliphatic carbocycles. The molecular weight excluding hydrogens is 194 g/mol. The minimum atomic E-state index is -0.900. The van der Waals surface area contributed by atoms with Crippen molar-refractivity contribution < 1.29 is 14.7 Å². The van der Waals surface area contributed by atoms with Crippen molar-refractivity contribution in [3.63, 3.8) is 0 Å². The summed E-state index contributed by atoms with van der Waals surface area (Å²) in [6.45, 7) is 7.32. The normalized spacial score (nSPS) is 13.3. The van der Waals surface area contributed by atoms with Gasteiger partial charge in [-0.05, 0) is 20.3 Å². The maximum absolute atomic E-state index is 11.6. The molecule has 0 radical (unpaired) electrons. The second-order valence-corrected chi connectivity index (χ2v) is 4.63. The highest BCUT2D eigenvalue weighted by molar-refractivity contribution is 5.80. The topological polar surface area (TPSA) is 66.4 Å². The van der Waals surface area contributed by atoms with Gasteiger partial charge in [0.2, 0.25) is 5.91 Å². The molecule has 0 rings (SSSR count). The van der Waals surface area contributed by atoms with Crippen molar-refractivity contribution in [2.45, 2.75) is 52.5 Å². The molecule has 0 spiro atoms. The average molecular weight is 215 g/mol. The van der Waals surface area contributed by atoms with Crippen LogP contribution in [0.5, 0.6) is 0 Å². The Morgan fingerprint density at radius 2 is 1.93 bits per heavy atom. The van der Waals surface area contributed by atoms with Crippen molar-refractivity contribution in [1.29, 1.82) is 0 Å². The van der Waals surface area contributed by atoms with Crippen molar-refractivity contribution in [1.82, 2.24) is 5.32 Å². The molecule has 0 bridgehead atoms. The average Bonchev–Trinajstić information content (AvgIpc) is 2.00. The Bertz CT molecular complexity index is 236. The van der Waals surface area contributed by atoms with E-state index in [1.807, 2.05) is 13.8 Å². The summed E-state index contributed by atoms with van der Waals surface area (Å²) in [5.41, 5.74) is -0.676. The van der Waals surface area contributed by atoms with E-state index in [0.29, 0.717) is 0 Å². The highest BCUT2D eigenvalue weighted by Gasteiger charge is 2.25. The Morgan fingerprint density at radius 3 is 2.33 bits per heavy atom. The highest BCUT2D eigenvalue weighted by atomic mass is 16.4.